The second-order valence-corrected chi connectivity index (χ2v) is 5.83. The molecule has 0 bridgehead atoms. The van der Waals surface area contributed by atoms with E-state index in [0.29, 0.717) is 6.04 Å². The van der Waals surface area contributed by atoms with Crippen LogP contribution in [0.4, 0.5) is 0 Å². The Bertz CT molecular complexity index is 647. The molecule has 4 nitrogen and oxygen atoms in total. The predicted molar refractivity (Wildman–Crippen MR) is 85.5 cm³/mol. The Balaban J connectivity index is 1.66. The van der Waals surface area contributed by atoms with Gasteiger partial charge in [0.2, 0.25) is 0 Å². The van der Waals surface area contributed by atoms with Crippen molar-refractivity contribution in [2.45, 2.75) is 25.8 Å². The third-order valence-corrected chi connectivity index (χ3v) is 4.55. The highest BCUT2D eigenvalue weighted by molar-refractivity contribution is 5.98. The van der Waals surface area contributed by atoms with E-state index in [2.05, 4.69) is 21.7 Å². The van der Waals surface area contributed by atoms with Gasteiger partial charge in [0.25, 0.3) is 5.91 Å². The molecule has 1 aliphatic rings. The number of likely N-dealkylation sites (tertiary alicyclic amines) is 1. The van der Waals surface area contributed by atoms with Crippen molar-refractivity contribution >= 4 is 16.8 Å². The zero-order chi connectivity index (χ0) is 14.8. The number of carbonyl (C=O) groups is 1. The largest absolute Gasteiger partial charge is 0.351 e. The van der Waals surface area contributed by atoms with Crippen molar-refractivity contribution < 1.29 is 4.79 Å². The van der Waals surface area contributed by atoms with Gasteiger partial charge < -0.3 is 9.88 Å². The van der Waals surface area contributed by atoms with Crippen LogP contribution in [0.2, 0.25) is 0 Å². The van der Waals surface area contributed by atoms with Gasteiger partial charge >= 0.3 is 0 Å². The minimum Gasteiger partial charge on any atom is -0.351 e. The fraction of sp³-hybridized carbons (Fsp3) is 0.471. The van der Waals surface area contributed by atoms with Gasteiger partial charge in [-0.25, -0.2) is 0 Å². The summed E-state index contributed by atoms with van der Waals surface area (Å²) in [6, 6.07) is 8.43. The zero-order valence-corrected chi connectivity index (χ0v) is 12.8. The van der Waals surface area contributed by atoms with Crippen molar-refractivity contribution in [1.82, 2.24) is 14.8 Å². The highest BCUT2D eigenvalue weighted by atomic mass is 16.1. The fourth-order valence-corrected chi connectivity index (χ4v) is 3.28. The molecule has 1 N–H and O–H groups in total. The lowest BCUT2D eigenvalue weighted by molar-refractivity contribution is 0.0941. The molecule has 2 heterocycles. The van der Waals surface area contributed by atoms with Crippen LogP contribution in [0.1, 0.15) is 30.1 Å². The number of amides is 1. The van der Waals surface area contributed by atoms with Crippen molar-refractivity contribution in [3.05, 3.63) is 36.0 Å². The minimum absolute atomic E-state index is 0.0312. The van der Waals surface area contributed by atoms with Crippen molar-refractivity contribution in [1.29, 1.82) is 0 Å². The monoisotopic (exact) mass is 285 g/mol. The Morgan fingerprint density at radius 1 is 1.38 bits per heavy atom. The molecule has 0 spiro atoms. The van der Waals surface area contributed by atoms with Crippen LogP contribution < -0.4 is 5.32 Å². The van der Waals surface area contributed by atoms with E-state index in [4.69, 9.17) is 0 Å². The van der Waals surface area contributed by atoms with E-state index in [-0.39, 0.29) is 5.91 Å². The van der Waals surface area contributed by atoms with Crippen molar-refractivity contribution in [2.75, 3.05) is 19.6 Å². The average molecular weight is 285 g/mol. The van der Waals surface area contributed by atoms with Crippen LogP contribution >= 0.6 is 0 Å². The number of fused-ring (bicyclic) bond motifs is 1. The summed E-state index contributed by atoms with van der Waals surface area (Å²) in [5.41, 5.74) is 1.90. The maximum Gasteiger partial charge on any atom is 0.251 e. The first kappa shape index (κ1) is 14.1. The first-order valence-corrected chi connectivity index (χ1v) is 7.76. The molecule has 21 heavy (non-hydrogen) atoms. The van der Waals surface area contributed by atoms with Gasteiger partial charge in [-0.1, -0.05) is 6.92 Å². The van der Waals surface area contributed by atoms with E-state index < -0.39 is 0 Å². The number of benzene rings is 1. The number of hydrogen-bond donors (Lipinski definition) is 1. The fourth-order valence-electron chi connectivity index (χ4n) is 3.28. The molecule has 1 aliphatic heterocycles. The summed E-state index contributed by atoms with van der Waals surface area (Å²) in [5, 5.41) is 4.20. The maximum absolute atomic E-state index is 12.3. The molecule has 3 rings (SSSR count). The standard InChI is InChI=1S/C17H23N3O/c1-3-20-9-4-5-15(20)12-18-17(21)14-6-7-16-13(11-14)8-10-19(16)2/h6-8,10-11,15H,3-5,9,12H2,1-2H3,(H,18,21)/t15-/m0/s1. The number of likely N-dealkylation sites (N-methyl/N-ethyl adjacent to an activating group) is 1. The molecule has 0 unspecified atom stereocenters. The summed E-state index contributed by atoms with van der Waals surface area (Å²) in [4.78, 5) is 14.8. The van der Waals surface area contributed by atoms with E-state index in [1.165, 1.54) is 12.8 Å². The quantitative estimate of drug-likeness (QED) is 0.936. The molecule has 1 aromatic heterocycles. The Labute approximate surface area is 125 Å². The minimum atomic E-state index is 0.0312. The molecular weight excluding hydrogens is 262 g/mol. The normalized spacial score (nSPS) is 19.2. The van der Waals surface area contributed by atoms with E-state index in [1.54, 1.807) is 0 Å². The average Bonchev–Trinajstić information content (AvgIpc) is 3.11. The van der Waals surface area contributed by atoms with Crippen molar-refractivity contribution in [3.8, 4) is 0 Å². The Morgan fingerprint density at radius 2 is 2.24 bits per heavy atom. The van der Waals surface area contributed by atoms with Gasteiger partial charge in [-0.15, -0.1) is 0 Å². The van der Waals surface area contributed by atoms with Gasteiger partial charge in [0.15, 0.2) is 0 Å². The van der Waals surface area contributed by atoms with Gasteiger partial charge in [-0.2, -0.15) is 0 Å². The van der Waals surface area contributed by atoms with Crippen LogP contribution in [-0.4, -0.2) is 41.1 Å². The van der Waals surface area contributed by atoms with Gasteiger partial charge in [-0.3, -0.25) is 9.69 Å². The molecule has 112 valence electrons. The Hall–Kier alpha value is -1.81. The van der Waals surface area contributed by atoms with Crippen LogP contribution in [0, 0.1) is 0 Å². The van der Waals surface area contributed by atoms with Crippen molar-refractivity contribution in [2.24, 2.45) is 7.05 Å². The summed E-state index contributed by atoms with van der Waals surface area (Å²) in [5.74, 6) is 0.0312. The first-order valence-electron chi connectivity index (χ1n) is 7.76. The third-order valence-electron chi connectivity index (χ3n) is 4.55. The van der Waals surface area contributed by atoms with E-state index in [0.717, 1.165) is 36.1 Å². The first-order chi connectivity index (χ1) is 10.2. The molecule has 1 fully saturated rings. The lowest BCUT2D eigenvalue weighted by atomic mass is 10.1. The van der Waals surface area contributed by atoms with Gasteiger partial charge in [0.1, 0.15) is 0 Å². The Kier molecular flexibility index (Phi) is 3.97. The molecular formula is C17H23N3O. The lowest BCUT2D eigenvalue weighted by Crippen LogP contribution is -2.40. The summed E-state index contributed by atoms with van der Waals surface area (Å²) in [6.07, 6.45) is 4.44. The number of nitrogens with one attached hydrogen (secondary N) is 1. The second-order valence-electron chi connectivity index (χ2n) is 5.83. The topological polar surface area (TPSA) is 37.3 Å². The third kappa shape index (κ3) is 2.81. The Morgan fingerprint density at radius 3 is 3.05 bits per heavy atom. The van der Waals surface area contributed by atoms with Crippen LogP contribution in [0.15, 0.2) is 30.5 Å². The molecule has 4 heteroatoms. The molecule has 1 amide bonds. The predicted octanol–water partition coefficient (Wildman–Crippen LogP) is 2.39. The molecule has 1 saturated heterocycles. The molecule has 1 aromatic carbocycles. The maximum atomic E-state index is 12.3. The van der Waals surface area contributed by atoms with Crippen LogP contribution in [0.25, 0.3) is 10.9 Å². The zero-order valence-electron chi connectivity index (χ0n) is 12.8. The van der Waals surface area contributed by atoms with Gasteiger partial charge in [0, 0.05) is 42.3 Å². The molecule has 2 aromatic rings. The highest BCUT2D eigenvalue weighted by Crippen LogP contribution is 2.18. The molecule has 0 saturated carbocycles. The van der Waals surface area contributed by atoms with Gasteiger partial charge in [-0.05, 0) is 50.2 Å². The van der Waals surface area contributed by atoms with Gasteiger partial charge in [0.05, 0.1) is 0 Å². The molecule has 1 atom stereocenters. The van der Waals surface area contributed by atoms with E-state index in [9.17, 15) is 4.79 Å². The van der Waals surface area contributed by atoms with E-state index in [1.807, 2.05) is 37.5 Å². The summed E-state index contributed by atoms with van der Waals surface area (Å²) in [7, 11) is 2.02. The number of carbonyl (C=O) groups excluding carboxylic acids is 1. The second kappa shape index (κ2) is 5.90. The summed E-state index contributed by atoms with van der Waals surface area (Å²) in [6.45, 7) is 5.16. The lowest BCUT2D eigenvalue weighted by Gasteiger charge is -2.22. The summed E-state index contributed by atoms with van der Waals surface area (Å²) >= 11 is 0. The van der Waals surface area contributed by atoms with E-state index >= 15 is 0 Å². The van der Waals surface area contributed by atoms with Crippen molar-refractivity contribution in [3.63, 3.8) is 0 Å². The molecule has 0 aliphatic carbocycles. The number of hydrogen-bond acceptors (Lipinski definition) is 2. The van der Waals surface area contributed by atoms with Crippen LogP contribution in [0.5, 0.6) is 0 Å². The number of nitrogens with zero attached hydrogens (tertiary/aromatic N) is 2. The summed E-state index contributed by atoms with van der Waals surface area (Å²) < 4.78 is 2.06. The SMILES string of the molecule is CCN1CCC[C@H]1CNC(=O)c1ccc2c(ccn2C)c1. The number of rotatable bonds is 4. The number of aromatic nitrogens is 1. The van der Waals surface area contributed by atoms with Crippen LogP contribution in [-0.2, 0) is 7.05 Å². The van der Waals surface area contributed by atoms with Crippen LogP contribution in [0.3, 0.4) is 0 Å². The number of aryl methyl sites for hydroxylation is 1. The highest BCUT2D eigenvalue weighted by Gasteiger charge is 2.23. The smallest absolute Gasteiger partial charge is 0.251 e. The molecule has 0 radical (unpaired) electrons.